The molecule has 8 heteroatoms. The maximum absolute atomic E-state index is 11.6. The quantitative estimate of drug-likeness (QED) is 0.574. The molecule has 1 aromatic heterocycles. The molecule has 1 saturated heterocycles. The second-order valence-electron chi connectivity index (χ2n) is 4.03. The highest BCUT2D eigenvalue weighted by atomic mass is 16.6. The Kier molecular flexibility index (Phi) is 3.04. The molecule has 18 heavy (non-hydrogen) atoms. The monoisotopic (exact) mass is 252 g/mol. The van der Waals surface area contributed by atoms with Gasteiger partial charge in [-0.3, -0.25) is 4.57 Å². The molecule has 0 saturated carbocycles. The van der Waals surface area contributed by atoms with E-state index in [2.05, 4.69) is 4.98 Å². The summed E-state index contributed by atoms with van der Waals surface area (Å²) in [4.78, 5) is 15.1. The van der Waals surface area contributed by atoms with Crippen molar-refractivity contribution in [2.75, 3.05) is 12.3 Å². The van der Waals surface area contributed by atoms with E-state index in [-0.39, 0.29) is 12.2 Å². The zero-order valence-electron chi connectivity index (χ0n) is 9.35. The Balaban J connectivity index is 2.33. The van der Waals surface area contributed by atoms with Gasteiger partial charge in [0, 0.05) is 12.6 Å². The number of anilines is 1. The van der Waals surface area contributed by atoms with Crippen LogP contribution in [0.1, 0.15) is 12.6 Å². The zero-order valence-corrected chi connectivity index (χ0v) is 9.35. The molecule has 0 spiro atoms. The molecule has 2 rings (SSSR count). The van der Waals surface area contributed by atoms with Crippen molar-refractivity contribution in [3.8, 4) is 6.07 Å². The maximum atomic E-state index is 11.6. The van der Waals surface area contributed by atoms with Crippen LogP contribution in [0.2, 0.25) is 0 Å². The molecule has 0 amide bonds. The second kappa shape index (κ2) is 4.38. The first-order valence-corrected chi connectivity index (χ1v) is 5.25. The van der Waals surface area contributed by atoms with Crippen molar-refractivity contribution in [3.05, 3.63) is 22.7 Å². The second-order valence-corrected chi connectivity index (χ2v) is 4.03. The van der Waals surface area contributed by atoms with Crippen LogP contribution in [-0.2, 0) is 4.74 Å². The van der Waals surface area contributed by atoms with Crippen molar-refractivity contribution >= 4 is 5.82 Å². The lowest BCUT2D eigenvalue weighted by Crippen LogP contribution is -2.41. The molecule has 0 aromatic carbocycles. The number of nitrogens with two attached hydrogens (primary N) is 1. The molecule has 0 bridgehead atoms. The predicted octanol–water partition coefficient (Wildman–Crippen LogP) is -1.64. The molecule has 2 heterocycles. The molecular weight excluding hydrogens is 240 g/mol. The van der Waals surface area contributed by atoms with E-state index in [1.165, 1.54) is 12.3 Å². The van der Waals surface area contributed by atoms with Crippen molar-refractivity contribution in [3.63, 3.8) is 0 Å². The average Bonchev–Trinajstić information content (AvgIpc) is 2.67. The van der Waals surface area contributed by atoms with Crippen molar-refractivity contribution in [1.82, 2.24) is 9.55 Å². The smallest absolute Gasteiger partial charge is 0.351 e. The predicted molar refractivity (Wildman–Crippen MR) is 59.1 cm³/mol. The summed E-state index contributed by atoms with van der Waals surface area (Å²) in [6.45, 7) is -0.654. The number of rotatable bonds is 2. The number of ether oxygens (including phenoxy) is 1. The third-order valence-corrected chi connectivity index (χ3v) is 2.90. The van der Waals surface area contributed by atoms with E-state index in [0.29, 0.717) is 0 Å². The van der Waals surface area contributed by atoms with Gasteiger partial charge < -0.3 is 20.7 Å². The Hall–Kier alpha value is -1.95. The summed E-state index contributed by atoms with van der Waals surface area (Å²) in [5, 5.41) is 27.8. The summed E-state index contributed by atoms with van der Waals surface area (Å²) in [5.74, 6) is 0.0727. The normalized spacial score (nSPS) is 31.2. The summed E-state index contributed by atoms with van der Waals surface area (Å²) in [6.07, 6.45) is -0.652. The molecule has 1 aromatic rings. The van der Waals surface area contributed by atoms with Crippen LogP contribution in [-0.4, -0.2) is 38.1 Å². The van der Waals surface area contributed by atoms with Gasteiger partial charge in [0.1, 0.15) is 24.2 Å². The van der Waals surface area contributed by atoms with Crippen LogP contribution in [0.4, 0.5) is 5.82 Å². The number of aliphatic hydroxyl groups is 2. The fourth-order valence-electron chi connectivity index (χ4n) is 1.85. The van der Waals surface area contributed by atoms with Gasteiger partial charge in [0.2, 0.25) is 5.60 Å². The van der Waals surface area contributed by atoms with Gasteiger partial charge in [-0.25, -0.2) is 4.79 Å². The summed E-state index contributed by atoms with van der Waals surface area (Å²) in [6, 6.07) is 3.13. The highest BCUT2D eigenvalue weighted by molar-refractivity contribution is 5.23. The minimum atomic E-state index is -1.70. The van der Waals surface area contributed by atoms with E-state index in [1.54, 1.807) is 6.07 Å². The lowest BCUT2D eigenvalue weighted by atomic mass is 10.00. The van der Waals surface area contributed by atoms with Gasteiger partial charge in [-0.2, -0.15) is 10.2 Å². The van der Waals surface area contributed by atoms with Gasteiger partial charge in [0.05, 0.1) is 6.61 Å². The molecule has 4 N–H and O–H groups in total. The lowest BCUT2D eigenvalue weighted by molar-refractivity contribution is -0.0925. The molecule has 1 fully saturated rings. The average molecular weight is 252 g/mol. The van der Waals surface area contributed by atoms with Gasteiger partial charge in [0.15, 0.2) is 0 Å². The van der Waals surface area contributed by atoms with Crippen molar-refractivity contribution in [1.29, 1.82) is 5.26 Å². The Morgan fingerprint density at radius 3 is 3.00 bits per heavy atom. The van der Waals surface area contributed by atoms with Gasteiger partial charge in [-0.05, 0) is 6.07 Å². The molecule has 8 nitrogen and oxygen atoms in total. The van der Waals surface area contributed by atoms with E-state index < -0.39 is 30.2 Å². The first kappa shape index (κ1) is 12.5. The standard InChI is InChI=1S/C10H12N4O4/c11-4-10(5-15)6(16)3-8(18-10)14-2-1-7(12)13-9(14)17/h1-2,6,8,15-16H,3,5H2,(H2,12,13,17)/t6-,8+,10-/m0/s1. The number of nitrogen functional groups attached to an aromatic ring is 1. The van der Waals surface area contributed by atoms with Crippen molar-refractivity contribution < 1.29 is 14.9 Å². The fraction of sp³-hybridized carbons (Fsp3) is 0.500. The van der Waals surface area contributed by atoms with Gasteiger partial charge in [0.25, 0.3) is 0 Å². The van der Waals surface area contributed by atoms with Gasteiger partial charge in [-0.15, -0.1) is 0 Å². The van der Waals surface area contributed by atoms with Crippen LogP contribution >= 0.6 is 0 Å². The molecule has 0 unspecified atom stereocenters. The fourth-order valence-corrected chi connectivity index (χ4v) is 1.85. The van der Waals surface area contributed by atoms with E-state index in [0.717, 1.165) is 4.57 Å². The van der Waals surface area contributed by atoms with Crippen LogP contribution in [0.25, 0.3) is 0 Å². The van der Waals surface area contributed by atoms with Crippen LogP contribution < -0.4 is 11.4 Å². The molecule has 3 atom stereocenters. The molecule has 1 aliphatic heterocycles. The third-order valence-electron chi connectivity index (χ3n) is 2.90. The van der Waals surface area contributed by atoms with Crippen LogP contribution in [0, 0.1) is 11.3 Å². The van der Waals surface area contributed by atoms with Crippen LogP contribution in [0.3, 0.4) is 0 Å². The largest absolute Gasteiger partial charge is 0.392 e. The van der Waals surface area contributed by atoms with E-state index in [4.69, 9.17) is 20.8 Å². The number of aliphatic hydroxyl groups excluding tert-OH is 2. The SMILES string of the molecule is N#C[C@@]1(CO)O[C@@H](n2ccc(N)nc2=O)C[C@@H]1O. The minimum Gasteiger partial charge on any atom is -0.392 e. The number of aromatic nitrogens is 2. The topological polar surface area (TPSA) is 134 Å². The third kappa shape index (κ3) is 1.84. The molecule has 0 radical (unpaired) electrons. The number of hydrogen-bond donors (Lipinski definition) is 3. The van der Waals surface area contributed by atoms with Crippen molar-refractivity contribution in [2.45, 2.75) is 24.4 Å². The van der Waals surface area contributed by atoms with Gasteiger partial charge >= 0.3 is 5.69 Å². The number of nitrogens with zero attached hydrogens (tertiary/aromatic N) is 3. The Labute approximate surface area is 102 Å². The highest BCUT2D eigenvalue weighted by Crippen LogP contribution is 2.35. The Morgan fingerprint density at radius 2 is 2.50 bits per heavy atom. The molecule has 1 aliphatic rings. The lowest BCUT2D eigenvalue weighted by Gasteiger charge is -2.21. The number of hydrogen-bond acceptors (Lipinski definition) is 7. The summed E-state index contributed by atoms with van der Waals surface area (Å²) in [5.41, 5.74) is 3.01. The molecular formula is C10H12N4O4. The van der Waals surface area contributed by atoms with Gasteiger partial charge in [-0.1, -0.05) is 0 Å². The highest BCUT2D eigenvalue weighted by Gasteiger charge is 2.49. The van der Waals surface area contributed by atoms with Crippen LogP contribution in [0.5, 0.6) is 0 Å². The van der Waals surface area contributed by atoms with E-state index in [9.17, 15) is 9.90 Å². The summed E-state index contributed by atoms with van der Waals surface area (Å²) >= 11 is 0. The Morgan fingerprint density at radius 1 is 1.78 bits per heavy atom. The first-order valence-electron chi connectivity index (χ1n) is 5.25. The first-order chi connectivity index (χ1) is 8.52. The summed E-state index contributed by atoms with van der Waals surface area (Å²) in [7, 11) is 0. The maximum Gasteiger partial charge on any atom is 0.351 e. The number of nitriles is 1. The zero-order chi connectivity index (χ0) is 13.3. The summed E-state index contributed by atoms with van der Waals surface area (Å²) < 4.78 is 6.41. The van der Waals surface area contributed by atoms with Crippen LogP contribution in [0.15, 0.2) is 17.1 Å². The van der Waals surface area contributed by atoms with E-state index in [1.807, 2.05) is 0 Å². The molecule has 0 aliphatic carbocycles. The van der Waals surface area contributed by atoms with E-state index >= 15 is 0 Å². The van der Waals surface area contributed by atoms with Crippen molar-refractivity contribution in [2.24, 2.45) is 0 Å². The molecule has 96 valence electrons. The minimum absolute atomic E-state index is 0.0135. The Bertz CT molecular complexity index is 552.